The molecular formula is C23H28N2O3. The summed E-state index contributed by atoms with van der Waals surface area (Å²) in [5, 5.41) is 6.05. The summed E-state index contributed by atoms with van der Waals surface area (Å²) in [6.07, 6.45) is 1.29. The molecule has 1 aliphatic heterocycles. The maximum Gasteiger partial charge on any atom is 0.252 e. The van der Waals surface area contributed by atoms with E-state index in [9.17, 15) is 9.59 Å². The number of nitrogens with one attached hydrogen (secondary N) is 2. The van der Waals surface area contributed by atoms with Crippen LogP contribution in [0.1, 0.15) is 54.2 Å². The van der Waals surface area contributed by atoms with Gasteiger partial charge in [-0.05, 0) is 37.0 Å². The minimum absolute atomic E-state index is 0.109. The Morgan fingerprint density at radius 2 is 1.82 bits per heavy atom. The highest BCUT2D eigenvalue weighted by molar-refractivity contribution is 5.98. The molecule has 0 saturated heterocycles. The zero-order chi connectivity index (χ0) is 20.1. The summed E-state index contributed by atoms with van der Waals surface area (Å²) in [4.78, 5) is 25.8. The second-order valence-electron chi connectivity index (χ2n) is 7.71. The number of hydrogen-bond acceptors (Lipinski definition) is 3. The van der Waals surface area contributed by atoms with Gasteiger partial charge < -0.3 is 15.4 Å². The van der Waals surface area contributed by atoms with Crippen LogP contribution in [0.25, 0.3) is 0 Å². The lowest BCUT2D eigenvalue weighted by atomic mass is 9.98. The van der Waals surface area contributed by atoms with Crippen LogP contribution in [0.5, 0.6) is 5.75 Å². The van der Waals surface area contributed by atoms with Crippen LogP contribution in [0.3, 0.4) is 0 Å². The monoisotopic (exact) mass is 380 g/mol. The van der Waals surface area contributed by atoms with E-state index in [1.165, 1.54) is 0 Å². The number of para-hydroxylation sites is 1. The molecule has 3 rings (SSSR count). The number of amides is 2. The second-order valence-corrected chi connectivity index (χ2v) is 7.71. The molecule has 148 valence electrons. The lowest BCUT2D eigenvalue weighted by Crippen LogP contribution is -2.48. The minimum atomic E-state index is -0.581. The number of ether oxygens (including phenoxy) is 1. The number of benzene rings is 2. The zero-order valence-electron chi connectivity index (χ0n) is 16.7. The molecule has 2 aromatic rings. The van der Waals surface area contributed by atoms with E-state index < -0.39 is 6.04 Å². The highest BCUT2D eigenvalue weighted by atomic mass is 16.5. The molecule has 0 spiro atoms. The first-order chi connectivity index (χ1) is 13.5. The lowest BCUT2D eigenvalue weighted by Gasteiger charge is -2.29. The maximum atomic E-state index is 13.0. The van der Waals surface area contributed by atoms with Gasteiger partial charge in [0.05, 0.1) is 12.6 Å². The summed E-state index contributed by atoms with van der Waals surface area (Å²) in [5.74, 6) is 0.710. The fourth-order valence-electron chi connectivity index (χ4n) is 3.53. The van der Waals surface area contributed by atoms with Crippen LogP contribution in [0.15, 0.2) is 48.5 Å². The average molecular weight is 380 g/mol. The van der Waals surface area contributed by atoms with Crippen LogP contribution in [-0.2, 0) is 4.79 Å². The molecule has 1 aliphatic rings. The summed E-state index contributed by atoms with van der Waals surface area (Å²) in [5.41, 5.74) is 2.47. The van der Waals surface area contributed by atoms with Crippen LogP contribution >= 0.6 is 0 Å². The van der Waals surface area contributed by atoms with Crippen LogP contribution in [0.4, 0.5) is 0 Å². The Hall–Kier alpha value is -2.82. The average Bonchev–Trinajstić information content (AvgIpc) is 2.67. The van der Waals surface area contributed by atoms with Gasteiger partial charge in [-0.1, -0.05) is 50.2 Å². The molecule has 0 unspecified atom stereocenters. The quantitative estimate of drug-likeness (QED) is 0.801. The van der Waals surface area contributed by atoms with Crippen LogP contribution < -0.4 is 15.4 Å². The third kappa shape index (κ3) is 4.71. The van der Waals surface area contributed by atoms with Crippen LogP contribution in [0.2, 0.25) is 0 Å². The molecule has 2 amide bonds. The molecule has 0 saturated carbocycles. The number of aryl methyl sites for hydroxylation is 1. The van der Waals surface area contributed by atoms with E-state index in [1.807, 2.05) is 63.2 Å². The molecule has 0 aliphatic carbocycles. The topological polar surface area (TPSA) is 67.4 Å². The highest BCUT2D eigenvalue weighted by Gasteiger charge is 2.28. The van der Waals surface area contributed by atoms with Crippen molar-refractivity contribution in [3.63, 3.8) is 0 Å². The van der Waals surface area contributed by atoms with Gasteiger partial charge >= 0.3 is 0 Å². The molecular weight excluding hydrogens is 352 g/mol. The van der Waals surface area contributed by atoms with Gasteiger partial charge in [0.2, 0.25) is 5.91 Å². The molecule has 0 aromatic heterocycles. The Balaban J connectivity index is 1.74. The van der Waals surface area contributed by atoms with E-state index in [1.54, 1.807) is 6.07 Å². The molecule has 28 heavy (non-hydrogen) atoms. The third-order valence-corrected chi connectivity index (χ3v) is 4.99. The fraction of sp³-hybridized carbons (Fsp3) is 0.391. The van der Waals surface area contributed by atoms with Crippen molar-refractivity contribution in [2.45, 2.75) is 45.7 Å². The molecule has 0 bridgehead atoms. The molecule has 0 fully saturated rings. The van der Waals surface area contributed by atoms with E-state index in [0.29, 0.717) is 25.0 Å². The van der Waals surface area contributed by atoms with Crippen LogP contribution in [0, 0.1) is 12.8 Å². The molecule has 1 heterocycles. The van der Waals surface area contributed by atoms with Crippen molar-refractivity contribution >= 4 is 11.8 Å². The first-order valence-electron chi connectivity index (χ1n) is 9.84. The Kier molecular flexibility index (Phi) is 6.34. The minimum Gasteiger partial charge on any atom is -0.493 e. The SMILES string of the molecule is Cc1ccccc1C(=O)N[C@H](CC(C)C)C(=O)N[C@@H]1CCOc2ccccc21. The van der Waals surface area contributed by atoms with E-state index in [0.717, 1.165) is 16.9 Å². The number of hydrogen-bond donors (Lipinski definition) is 2. The third-order valence-electron chi connectivity index (χ3n) is 4.99. The largest absolute Gasteiger partial charge is 0.493 e. The van der Waals surface area contributed by atoms with Crippen molar-refractivity contribution < 1.29 is 14.3 Å². The van der Waals surface area contributed by atoms with Gasteiger partial charge in [0.15, 0.2) is 0 Å². The van der Waals surface area contributed by atoms with Crippen molar-refractivity contribution in [3.05, 3.63) is 65.2 Å². The zero-order valence-corrected chi connectivity index (χ0v) is 16.7. The first-order valence-corrected chi connectivity index (χ1v) is 9.84. The second kappa shape index (κ2) is 8.91. The summed E-state index contributed by atoms with van der Waals surface area (Å²) < 4.78 is 5.67. The van der Waals surface area contributed by atoms with Gasteiger partial charge in [0.1, 0.15) is 11.8 Å². The van der Waals surface area contributed by atoms with Gasteiger partial charge in [0, 0.05) is 17.5 Å². The van der Waals surface area contributed by atoms with Crippen molar-refractivity contribution in [2.24, 2.45) is 5.92 Å². The Morgan fingerprint density at radius 3 is 2.57 bits per heavy atom. The smallest absolute Gasteiger partial charge is 0.252 e. The van der Waals surface area contributed by atoms with Gasteiger partial charge in [-0.15, -0.1) is 0 Å². The summed E-state index contributed by atoms with van der Waals surface area (Å²) in [6, 6.07) is 14.5. The number of carbonyl (C=O) groups is 2. The van der Waals surface area contributed by atoms with Crippen molar-refractivity contribution in [3.8, 4) is 5.75 Å². The van der Waals surface area contributed by atoms with Gasteiger partial charge in [-0.3, -0.25) is 9.59 Å². The van der Waals surface area contributed by atoms with E-state index in [-0.39, 0.29) is 23.8 Å². The van der Waals surface area contributed by atoms with Gasteiger partial charge in [0.25, 0.3) is 5.91 Å². The summed E-state index contributed by atoms with van der Waals surface area (Å²) >= 11 is 0. The Bertz CT molecular complexity index is 847. The molecule has 5 heteroatoms. The molecule has 2 atom stereocenters. The van der Waals surface area contributed by atoms with Gasteiger partial charge in [-0.2, -0.15) is 0 Å². The Labute approximate surface area is 166 Å². The number of fused-ring (bicyclic) bond motifs is 1. The predicted molar refractivity (Wildman–Crippen MR) is 109 cm³/mol. The highest BCUT2D eigenvalue weighted by Crippen LogP contribution is 2.31. The van der Waals surface area contributed by atoms with E-state index in [2.05, 4.69) is 10.6 Å². The normalized spacial score (nSPS) is 16.6. The first kappa shape index (κ1) is 19.9. The molecule has 0 radical (unpaired) electrons. The van der Waals surface area contributed by atoms with Crippen molar-refractivity contribution in [2.75, 3.05) is 6.61 Å². The standard InChI is InChI=1S/C23H28N2O3/c1-15(2)14-20(25-22(26)17-9-5-4-8-16(17)3)23(27)24-19-12-13-28-21-11-7-6-10-18(19)21/h4-11,15,19-20H,12-14H2,1-3H3,(H,24,27)(H,25,26)/t19-,20-/m1/s1. The van der Waals surface area contributed by atoms with E-state index in [4.69, 9.17) is 4.74 Å². The molecule has 2 N–H and O–H groups in total. The van der Waals surface area contributed by atoms with Crippen molar-refractivity contribution in [1.29, 1.82) is 0 Å². The number of carbonyl (C=O) groups excluding carboxylic acids is 2. The van der Waals surface area contributed by atoms with Crippen LogP contribution in [-0.4, -0.2) is 24.5 Å². The van der Waals surface area contributed by atoms with Gasteiger partial charge in [-0.25, -0.2) is 0 Å². The van der Waals surface area contributed by atoms with Crippen molar-refractivity contribution in [1.82, 2.24) is 10.6 Å². The molecule has 5 nitrogen and oxygen atoms in total. The lowest BCUT2D eigenvalue weighted by molar-refractivity contribution is -0.124. The predicted octanol–water partition coefficient (Wildman–Crippen LogP) is 3.78. The summed E-state index contributed by atoms with van der Waals surface area (Å²) in [7, 11) is 0. The number of rotatable bonds is 6. The fourth-order valence-corrected chi connectivity index (χ4v) is 3.53. The summed E-state index contributed by atoms with van der Waals surface area (Å²) in [6.45, 7) is 6.55. The molecule has 2 aromatic carbocycles. The van der Waals surface area contributed by atoms with E-state index >= 15 is 0 Å². The Morgan fingerprint density at radius 1 is 1.11 bits per heavy atom. The maximum absolute atomic E-state index is 13.0.